The number of aliphatic hydroxyl groups excluding tert-OH is 1. The fraction of sp³-hybridized carbons (Fsp3) is 0.300. The Bertz CT molecular complexity index is 835. The smallest absolute Gasteiger partial charge is 0.408 e. The van der Waals surface area contributed by atoms with Crippen LogP contribution in [0.4, 0.5) is 4.79 Å². The van der Waals surface area contributed by atoms with Gasteiger partial charge in [-0.3, -0.25) is 0 Å². The SMILES string of the molecule is C[C@]1(CO)C[C@H](NC(=O)OC2c3ccccc3-c3ccccc32)C(=O)O1. The Balaban J connectivity index is 1.53. The second-order valence-corrected chi connectivity index (χ2v) is 6.89. The zero-order chi connectivity index (χ0) is 18.3. The summed E-state index contributed by atoms with van der Waals surface area (Å²) in [6, 6.07) is 14.7. The van der Waals surface area contributed by atoms with Crippen LogP contribution >= 0.6 is 0 Å². The minimum absolute atomic E-state index is 0.204. The molecule has 1 heterocycles. The zero-order valence-corrected chi connectivity index (χ0v) is 14.3. The summed E-state index contributed by atoms with van der Waals surface area (Å²) < 4.78 is 10.8. The van der Waals surface area contributed by atoms with E-state index in [9.17, 15) is 14.7 Å². The van der Waals surface area contributed by atoms with Crippen molar-refractivity contribution in [2.75, 3.05) is 6.61 Å². The fourth-order valence-corrected chi connectivity index (χ4v) is 3.60. The lowest BCUT2D eigenvalue weighted by molar-refractivity contribution is -0.150. The van der Waals surface area contributed by atoms with Gasteiger partial charge >= 0.3 is 12.1 Å². The van der Waals surface area contributed by atoms with E-state index in [2.05, 4.69) is 5.32 Å². The highest BCUT2D eigenvalue weighted by molar-refractivity contribution is 5.84. The fourth-order valence-electron chi connectivity index (χ4n) is 3.60. The first-order chi connectivity index (χ1) is 12.5. The molecule has 0 aromatic heterocycles. The van der Waals surface area contributed by atoms with Crippen molar-refractivity contribution >= 4 is 12.1 Å². The lowest BCUT2D eigenvalue weighted by Gasteiger charge is -2.19. The highest BCUT2D eigenvalue weighted by atomic mass is 16.6. The summed E-state index contributed by atoms with van der Waals surface area (Å²) in [4.78, 5) is 24.3. The van der Waals surface area contributed by atoms with Crippen LogP contribution in [0.5, 0.6) is 0 Å². The topological polar surface area (TPSA) is 84.9 Å². The van der Waals surface area contributed by atoms with Gasteiger partial charge in [-0.05, 0) is 18.1 Å². The normalized spacial score (nSPS) is 23.9. The van der Waals surface area contributed by atoms with Gasteiger partial charge in [0, 0.05) is 17.5 Å². The predicted molar refractivity (Wildman–Crippen MR) is 93.3 cm³/mol. The Labute approximate surface area is 150 Å². The summed E-state index contributed by atoms with van der Waals surface area (Å²) in [5.41, 5.74) is 2.93. The predicted octanol–water partition coefficient (Wildman–Crippen LogP) is 2.55. The molecule has 134 valence electrons. The third-order valence-electron chi connectivity index (χ3n) is 4.90. The second-order valence-electron chi connectivity index (χ2n) is 6.89. The molecule has 0 saturated carbocycles. The summed E-state index contributed by atoms with van der Waals surface area (Å²) in [6.07, 6.45) is -1.01. The van der Waals surface area contributed by atoms with Gasteiger partial charge in [0.25, 0.3) is 0 Å². The van der Waals surface area contributed by atoms with Crippen LogP contribution in [0, 0.1) is 0 Å². The van der Waals surface area contributed by atoms with Crippen molar-refractivity contribution in [2.24, 2.45) is 0 Å². The monoisotopic (exact) mass is 353 g/mol. The maximum absolute atomic E-state index is 12.4. The molecule has 6 heteroatoms. The number of carbonyl (C=O) groups is 2. The molecule has 0 spiro atoms. The number of hydrogen-bond acceptors (Lipinski definition) is 5. The van der Waals surface area contributed by atoms with E-state index in [1.807, 2.05) is 48.5 Å². The largest absolute Gasteiger partial charge is 0.455 e. The van der Waals surface area contributed by atoms with E-state index >= 15 is 0 Å². The van der Waals surface area contributed by atoms with Crippen LogP contribution < -0.4 is 5.32 Å². The number of cyclic esters (lactones) is 1. The Morgan fingerprint density at radius 1 is 1.19 bits per heavy atom. The lowest BCUT2D eigenvalue weighted by atomic mass is 10.0. The van der Waals surface area contributed by atoms with Crippen molar-refractivity contribution in [1.29, 1.82) is 0 Å². The first-order valence-corrected chi connectivity index (χ1v) is 8.50. The van der Waals surface area contributed by atoms with Gasteiger partial charge in [-0.25, -0.2) is 9.59 Å². The molecule has 26 heavy (non-hydrogen) atoms. The molecule has 2 aromatic rings. The van der Waals surface area contributed by atoms with Crippen LogP contribution in [-0.2, 0) is 14.3 Å². The van der Waals surface area contributed by atoms with Crippen molar-refractivity contribution in [3.63, 3.8) is 0 Å². The Morgan fingerprint density at radius 2 is 1.77 bits per heavy atom. The summed E-state index contributed by atoms with van der Waals surface area (Å²) in [5, 5.41) is 11.9. The number of alkyl carbamates (subject to hydrolysis) is 1. The van der Waals surface area contributed by atoms with E-state index < -0.39 is 29.8 Å². The first-order valence-electron chi connectivity index (χ1n) is 8.50. The third-order valence-corrected chi connectivity index (χ3v) is 4.90. The molecule has 2 N–H and O–H groups in total. The van der Waals surface area contributed by atoms with E-state index in [1.165, 1.54) is 0 Å². The Kier molecular flexibility index (Phi) is 3.92. The molecule has 1 aliphatic carbocycles. The number of ether oxygens (including phenoxy) is 2. The van der Waals surface area contributed by atoms with Crippen LogP contribution in [0.3, 0.4) is 0 Å². The zero-order valence-electron chi connectivity index (χ0n) is 14.3. The van der Waals surface area contributed by atoms with Gasteiger partial charge in [-0.15, -0.1) is 0 Å². The molecule has 2 aliphatic rings. The molecule has 0 unspecified atom stereocenters. The van der Waals surface area contributed by atoms with Gasteiger partial charge in [0.05, 0.1) is 6.61 Å². The number of amides is 1. The van der Waals surface area contributed by atoms with Crippen molar-refractivity contribution < 1.29 is 24.2 Å². The van der Waals surface area contributed by atoms with Crippen molar-refractivity contribution in [3.05, 3.63) is 59.7 Å². The van der Waals surface area contributed by atoms with Crippen molar-refractivity contribution in [3.8, 4) is 11.1 Å². The molecular formula is C20H19NO5. The molecule has 1 aliphatic heterocycles. The Hall–Kier alpha value is -2.86. The Morgan fingerprint density at radius 3 is 2.31 bits per heavy atom. The van der Waals surface area contributed by atoms with E-state index in [-0.39, 0.29) is 13.0 Å². The molecule has 2 atom stereocenters. The van der Waals surface area contributed by atoms with Gasteiger partial charge in [0.1, 0.15) is 11.6 Å². The van der Waals surface area contributed by atoms with Crippen molar-refractivity contribution in [2.45, 2.75) is 31.1 Å². The van der Waals surface area contributed by atoms with E-state index in [0.717, 1.165) is 22.3 Å². The van der Waals surface area contributed by atoms with Crippen LogP contribution in [0.15, 0.2) is 48.5 Å². The molecule has 1 amide bonds. The number of aliphatic hydroxyl groups is 1. The molecule has 6 nitrogen and oxygen atoms in total. The molecule has 2 aromatic carbocycles. The average molecular weight is 353 g/mol. The molecule has 1 saturated heterocycles. The lowest BCUT2D eigenvalue weighted by Crippen LogP contribution is -2.39. The minimum Gasteiger partial charge on any atom is -0.455 e. The van der Waals surface area contributed by atoms with E-state index in [1.54, 1.807) is 6.92 Å². The van der Waals surface area contributed by atoms with Gasteiger partial charge in [0.2, 0.25) is 0 Å². The minimum atomic E-state index is -0.971. The average Bonchev–Trinajstić information content (AvgIpc) is 3.11. The standard InChI is InChI=1S/C20H19NO5/c1-20(11-22)10-16(18(23)26-20)21-19(24)25-17-14-8-4-2-6-12(14)13-7-3-5-9-15(13)17/h2-9,16-17,22H,10-11H2,1H3,(H,21,24)/t16-,20+/m0/s1. The van der Waals surface area contributed by atoms with Crippen molar-refractivity contribution in [1.82, 2.24) is 5.32 Å². The highest BCUT2D eigenvalue weighted by Crippen LogP contribution is 2.45. The van der Waals surface area contributed by atoms with Gasteiger partial charge in [0.15, 0.2) is 6.10 Å². The van der Waals surface area contributed by atoms with Gasteiger partial charge < -0.3 is 19.9 Å². The third kappa shape index (κ3) is 2.72. The van der Waals surface area contributed by atoms with Crippen LogP contribution in [0.25, 0.3) is 11.1 Å². The maximum atomic E-state index is 12.4. The number of rotatable bonds is 3. The van der Waals surface area contributed by atoms with Crippen LogP contribution in [-0.4, -0.2) is 35.4 Å². The van der Waals surface area contributed by atoms with Gasteiger partial charge in [-0.2, -0.15) is 0 Å². The molecule has 0 radical (unpaired) electrons. The molecular weight excluding hydrogens is 334 g/mol. The van der Waals surface area contributed by atoms with Gasteiger partial charge in [-0.1, -0.05) is 48.5 Å². The second kappa shape index (κ2) is 6.14. The molecule has 4 rings (SSSR count). The number of hydrogen-bond donors (Lipinski definition) is 2. The maximum Gasteiger partial charge on any atom is 0.408 e. The number of carbonyl (C=O) groups excluding carboxylic acids is 2. The van der Waals surface area contributed by atoms with Crippen LogP contribution in [0.1, 0.15) is 30.6 Å². The number of esters is 1. The van der Waals surface area contributed by atoms with Crippen LogP contribution in [0.2, 0.25) is 0 Å². The first kappa shape index (κ1) is 16.6. The summed E-state index contributed by atoms with van der Waals surface area (Å²) in [6.45, 7) is 1.33. The number of fused-ring (bicyclic) bond motifs is 3. The summed E-state index contributed by atoms with van der Waals surface area (Å²) in [7, 11) is 0. The highest BCUT2D eigenvalue weighted by Gasteiger charge is 2.44. The number of benzene rings is 2. The molecule has 1 fully saturated rings. The summed E-state index contributed by atoms with van der Waals surface area (Å²) >= 11 is 0. The summed E-state index contributed by atoms with van der Waals surface area (Å²) in [5.74, 6) is -0.564. The number of nitrogens with one attached hydrogen (secondary N) is 1. The quantitative estimate of drug-likeness (QED) is 0.829. The van der Waals surface area contributed by atoms with E-state index in [0.29, 0.717) is 0 Å². The molecule has 0 bridgehead atoms. The van der Waals surface area contributed by atoms with E-state index in [4.69, 9.17) is 9.47 Å².